The number of nitrogens with zero attached hydrogens (tertiary/aromatic N) is 3. The maximum absolute atomic E-state index is 12.1. The molecule has 0 aliphatic rings. The van der Waals surface area contributed by atoms with Gasteiger partial charge in [0.2, 0.25) is 0 Å². The fourth-order valence-electron chi connectivity index (χ4n) is 3.13. The van der Waals surface area contributed by atoms with Gasteiger partial charge in [0.1, 0.15) is 5.69 Å². The van der Waals surface area contributed by atoms with Crippen LogP contribution in [0.3, 0.4) is 0 Å². The van der Waals surface area contributed by atoms with Gasteiger partial charge in [-0.05, 0) is 36.9 Å². The molecule has 0 aliphatic carbocycles. The Kier molecular flexibility index (Phi) is 4.46. The number of aryl methyl sites for hydroxylation is 1. The van der Waals surface area contributed by atoms with Crippen LogP contribution in [0, 0.1) is 6.92 Å². The fraction of sp³-hybridized carbons (Fsp3) is 0.190. The molecule has 0 radical (unpaired) electrons. The molecule has 136 valence electrons. The van der Waals surface area contributed by atoms with E-state index in [0.717, 1.165) is 23.0 Å². The van der Waals surface area contributed by atoms with Crippen molar-refractivity contribution >= 4 is 16.9 Å². The smallest absolute Gasteiger partial charge is 0.361 e. The van der Waals surface area contributed by atoms with E-state index in [-0.39, 0.29) is 5.69 Å². The van der Waals surface area contributed by atoms with Crippen LogP contribution in [0.4, 0.5) is 0 Å². The van der Waals surface area contributed by atoms with Crippen LogP contribution < -0.4 is 0 Å². The average Bonchev–Trinajstić information content (AvgIpc) is 3.31. The third-order valence-electron chi connectivity index (χ3n) is 4.54. The molecule has 4 rings (SSSR count). The topological polar surface area (TPSA) is 72.8 Å². The lowest BCUT2D eigenvalue weighted by molar-refractivity contribution is 0.0520. The molecular formula is C21H20N4O2. The van der Waals surface area contributed by atoms with E-state index in [0.29, 0.717) is 12.3 Å². The first kappa shape index (κ1) is 17.0. The highest BCUT2D eigenvalue weighted by Gasteiger charge is 2.19. The van der Waals surface area contributed by atoms with Crippen molar-refractivity contribution < 1.29 is 9.53 Å². The van der Waals surface area contributed by atoms with Gasteiger partial charge in [0.05, 0.1) is 6.61 Å². The molecular weight excluding hydrogens is 340 g/mol. The number of aromatic nitrogens is 4. The number of fused-ring (bicyclic) bond motifs is 1. The van der Waals surface area contributed by atoms with Crippen molar-refractivity contribution in [2.45, 2.75) is 20.4 Å². The Morgan fingerprint density at radius 2 is 1.93 bits per heavy atom. The summed E-state index contributed by atoms with van der Waals surface area (Å²) in [5.74, 6) is -0.476. The van der Waals surface area contributed by atoms with E-state index in [4.69, 9.17) is 4.74 Å². The summed E-state index contributed by atoms with van der Waals surface area (Å²) < 4.78 is 7.25. The maximum Gasteiger partial charge on any atom is 0.361 e. The summed E-state index contributed by atoms with van der Waals surface area (Å²) in [5.41, 5.74) is 5.08. The number of benzene rings is 2. The van der Waals surface area contributed by atoms with Crippen LogP contribution in [0.1, 0.15) is 28.5 Å². The number of H-pyrrole nitrogens is 1. The van der Waals surface area contributed by atoms with Crippen LogP contribution in [-0.2, 0) is 11.3 Å². The molecule has 6 heteroatoms. The molecule has 0 spiro atoms. The molecule has 0 unspecified atom stereocenters. The minimum Gasteiger partial charge on any atom is -0.461 e. The van der Waals surface area contributed by atoms with Gasteiger partial charge in [-0.15, -0.1) is 5.10 Å². The first-order valence-electron chi connectivity index (χ1n) is 8.88. The zero-order valence-electron chi connectivity index (χ0n) is 15.3. The number of hydrogen-bond acceptors (Lipinski definition) is 4. The first-order valence-corrected chi connectivity index (χ1v) is 8.88. The summed E-state index contributed by atoms with van der Waals surface area (Å²) >= 11 is 0. The molecule has 2 heterocycles. The van der Waals surface area contributed by atoms with Crippen molar-refractivity contribution in [2.24, 2.45) is 0 Å². The standard InChI is InChI=1S/C21H20N4O2/c1-3-27-21(26)20-19(22-24-23-20)17-9-8-16-10-11-25(18(16)12-17)13-15-6-4-14(2)5-7-15/h4-12H,3,13H2,1-2H3,(H,22,23,24). The number of carbonyl (C=O) groups is 1. The molecule has 6 nitrogen and oxygen atoms in total. The zero-order valence-corrected chi connectivity index (χ0v) is 15.3. The quantitative estimate of drug-likeness (QED) is 0.547. The second kappa shape index (κ2) is 7.07. The second-order valence-electron chi connectivity index (χ2n) is 6.44. The second-order valence-corrected chi connectivity index (χ2v) is 6.44. The summed E-state index contributed by atoms with van der Waals surface area (Å²) in [6, 6.07) is 16.6. The molecule has 0 saturated carbocycles. The summed E-state index contributed by atoms with van der Waals surface area (Å²) in [6.07, 6.45) is 2.07. The van der Waals surface area contributed by atoms with Crippen LogP contribution in [0.25, 0.3) is 22.2 Å². The van der Waals surface area contributed by atoms with Gasteiger partial charge in [0, 0.05) is 23.8 Å². The number of hydrogen-bond donors (Lipinski definition) is 1. The Morgan fingerprint density at radius 3 is 2.70 bits per heavy atom. The average molecular weight is 360 g/mol. The molecule has 4 aromatic rings. The molecule has 0 fully saturated rings. The van der Waals surface area contributed by atoms with Crippen molar-refractivity contribution in [2.75, 3.05) is 6.61 Å². The van der Waals surface area contributed by atoms with Gasteiger partial charge in [-0.1, -0.05) is 42.0 Å². The minimum absolute atomic E-state index is 0.202. The van der Waals surface area contributed by atoms with Gasteiger partial charge < -0.3 is 9.30 Å². The first-order chi connectivity index (χ1) is 13.2. The molecule has 0 aliphatic heterocycles. The van der Waals surface area contributed by atoms with E-state index in [1.165, 1.54) is 11.1 Å². The molecule has 2 aromatic carbocycles. The third-order valence-corrected chi connectivity index (χ3v) is 4.54. The van der Waals surface area contributed by atoms with Crippen molar-refractivity contribution in [3.8, 4) is 11.3 Å². The maximum atomic E-state index is 12.1. The summed E-state index contributed by atoms with van der Waals surface area (Å²) in [4.78, 5) is 12.1. The lowest BCUT2D eigenvalue weighted by atomic mass is 10.1. The monoisotopic (exact) mass is 360 g/mol. The highest BCUT2D eigenvalue weighted by Crippen LogP contribution is 2.26. The van der Waals surface area contributed by atoms with Crippen LogP contribution in [0.15, 0.2) is 54.7 Å². The minimum atomic E-state index is -0.476. The van der Waals surface area contributed by atoms with E-state index in [1.54, 1.807) is 6.92 Å². The third kappa shape index (κ3) is 3.33. The number of rotatable bonds is 5. The molecule has 0 saturated heterocycles. The van der Waals surface area contributed by atoms with E-state index >= 15 is 0 Å². The van der Waals surface area contributed by atoms with Crippen molar-refractivity contribution in [3.05, 3.63) is 71.5 Å². The highest BCUT2D eigenvalue weighted by molar-refractivity contribution is 5.95. The van der Waals surface area contributed by atoms with Gasteiger partial charge in [-0.2, -0.15) is 10.3 Å². The Morgan fingerprint density at radius 1 is 1.11 bits per heavy atom. The Hall–Kier alpha value is -3.41. The molecule has 0 atom stereocenters. The number of esters is 1. The molecule has 1 N–H and O–H groups in total. The predicted octanol–water partition coefficient (Wildman–Crippen LogP) is 3.96. The zero-order chi connectivity index (χ0) is 18.8. The summed E-state index contributed by atoms with van der Waals surface area (Å²) in [5, 5.41) is 11.8. The van der Waals surface area contributed by atoms with Gasteiger partial charge in [-0.3, -0.25) is 0 Å². The molecule has 0 bridgehead atoms. The van der Waals surface area contributed by atoms with Crippen molar-refractivity contribution in [1.82, 2.24) is 20.0 Å². The summed E-state index contributed by atoms with van der Waals surface area (Å²) in [6.45, 7) is 4.92. The number of carbonyl (C=O) groups excluding carboxylic acids is 1. The Bertz CT molecular complexity index is 1090. The van der Waals surface area contributed by atoms with Gasteiger partial charge in [0.25, 0.3) is 0 Å². The van der Waals surface area contributed by atoms with Crippen molar-refractivity contribution in [1.29, 1.82) is 0 Å². The number of aromatic amines is 1. The van der Waals surface area contributed by atoms with Crippen LogP contribution >= 0.6 is 0 Å². The number of ether oxygens (including phenoxy) is 1. The summed E-state index contributed by atoms with van der Waals surface area (Å²) in [7, 11) is 0. The van der Waals surface area contributed by atoms with Gasteiger partial charge >= 0.3 is 5.97 Å². The highest BCUT2D eigenvalue weighted by atomic mass is 16.5. The van der Waals surface area contributed by atoms with Gasteiger partial charge in [-0.25, -0.2) is 4.79 Å². The number of nitrogens with one attached hydrogen (secondary N) is 1. The van der Waals surface area contributed by atoms with Crippen LogP contribution in [-0.4, -0.2) is 32.6 Å². The van der Waals surface area contributed by atoms with E-state index in [1.807, 2.05) is 18.2 Å². The molecule has 27 heavy (non-hydrogen) atoms. The van der Waals surface area contributed by atoms with Gasteiger partial charge in [0.15, 0.2) is 5.69 Å². The predicted molar refractivity (Wildman–Crippen MR) is 104 cm³/mol. The Balaban J connectivity index is 1.71. The van der Waals surface area contributed by atoms with E-state index in [9.17, 15) is 4.79 Å². The largest absolute Gasteiger partial charge is 0.461 e. The molecule has 2 aromatic heterocycles. The Labute approximate surface area is 156 Å². The van der Waals surface area contributed by atoms with Crippen LogP contribution in [0.5, 0.6) is 0 Å². The SMILES string of the molecule is CCOC(=O)c1n[nH]nc1-c1ccc2ccn(Cc3ccc(C)cc3)c2c1. The normalized spacial score (nSPS) is 11.0. The fourth-order valence-corrected chi connectivity index (χ4v) is 3.13. The van der Waals surface area contributed by atoms with Crippen LogP contribution in [0.2, 0.25) is 0 Å². The lowest BCUT2D eigenvalue weighted by Gasteiger charge is -2.08. The lowest BCUT2D eigenvalue weighted by Crippen LogP contribution is -2.06. The van der Waals surface area contributed by atoms with E-state index in [2.05, 4.69) is 63.4 Å². The van der Waals surface area contributed by atoms with Crippen molar-refractivity contribution in [3.63, 3.8) is 0 Å². The molecule has 0 amide bonds. The van der Waals surface area contributed by atoms with E-state index < -0.39 is 5.97 Å².